The van der Waals surface area contributed by atoms with E-state index in [1.807, 2.05) is 6.92 Å². The first-order chi connectivity index (χ1) is 23.6. The smallest absolute Gasteiger partial charge is 0.250 e. The molecule has 0 spiro atoms. The minimum absolute atomic E-state index is 0. The van der Waals surface area contributed by atoms with Gasteiger partial charge < -0.3 is 9.88 Å². The number of piperidine rings is 1. The van der Waals surface area contributed by atoms with E-state index in [0.717, 1.165) is 30.1 Å². The van der Waals surface area contributed by atoms with Crippen molar-refractivity contribution in [1.29, 1.82) is 0 Å². The molecule has 1 amide bonds. The Labute approximate surface area is 691 Å². The van der Waals surface area contributed by atoms with Crippen LogP contribution in [0.5, 0.6) is 0 Å². The summed E-state index contributed by atoms with van der Waals surface area (Å²) >= 11 is 0. The van der Waals surface area contributed by atoms with Gasteiger partial charge in [0.05, 0.1) is 6.04 Å². The number of rotatable bonds is 10. The fourth-order valence-electron chi connectivity index (χ4n) is 10.7. The van der Waals surface area contributed by atoms with Crippen molar-refractivity contribution >= 4 is 5.91 Å². The largest absolute Gasteiger partial charge is 0.348 e. The molecule has 0 radical (unpaired) electrons. The number of hydrogen-bond donors (Lipinski definition) is 1. The molecule has 8 heteroatoms. The molecule has 5 rings (SSSR count). The molecule has 51 heavy (non-hydrogen) atoms. The summed E-state index contributed by atoms with van der Waals surface area (Å²) in [7, 11) is 0. The molecule has 2 aliphatic heterocycles. The lowest BCUT2D eigenvalue weighted by atomic mass is 9.62. The SMILES string of the molecule is CCC(C)c1nnc(C(C)C)n1[C@H]1CC2C(C)C(C)(C)[C@](C)(C1C)N2C(C)C(C)[C@H](NC(=O)C1(C)CCC(F)(F)C(C)C1)c1cccc(C)c1C.[HH].[HH].[HH].[HH].[HH].[HH].[HH].[HH].[HH].[HH].[HH].[HH].[HH].[HH].[HH].[HH].[HH].[HH].[HH].[HH].[HH].[HH].[HH].[HH].[HH].[HH].[HH].[HH].[HH].[HH].[HH].[HH].[HH].[HH].[HH].[HH].[HH].[HH].[HH].[HH].[HH].[HH].[HH].[HH].[HH].[HH].[HH].[HH].[HH].[HH].[HH].[HH].[HH].[HH].[HH].[HH].[HH].[HH].[HH].[HH].[HH].[HH].[HH].[HH].[HH].[HH].[HH].[HH].[HH].[HH].[HH].[HH].[HH].[HH].[HH].[HH].[HH].[HH].[HH].[HH].[HH].[HH].[HH].[HH].[HH].[HH].[HH].[HH].[HH].[HH].[HH].[HH].[HH].[HH].[HH].[HH].[HH].[HH].[HH].[HH].[HH].[HH].[HH].[HH].[HH].[HH].[HH].[HH].[HH].[HH].[HH].[HH].[HH].[HH].[HH].[HH].[HH].[HH].[HH].[HH].[HH].[HH].[HH].[HH].[HH].[HH].[HH].[HH].[HH].[HH].[HH].[HH].[HH].[HH].[HH].[HH].[HH].[HH].[HH].[HH].[HH].[HH].[HH].[HH].[HH].[HH].[HH].[HH].[HH].[HH].[HH].[HH].[HH].[HH].[HH].[HH].[HH].[HH].[HH].[HH].[HH].[HH].[HH].[HH].[HH].[HH].[HH].[HH].[HH].[HH].[HH].[HH].[HH].[HH].[HH].[HH].[HH].[HH].[HH].[HH].[HH].[HH].[HH].[HH].[HH].[HH].[HH].[HH].[HH].[HH].[HH].[HH].[HH].[HH].[HH].[HH].[HH].[HH].[HH].[HH].[HH].[HH].[HH].[HH].[HH].[HH].[HH].[HH].[HH].[HH].[HH].[HH].[HH].[HH].[HH].[HH].[HH].[HH].[HH].[HH].[HH].[HH].[HH].[HH].[HH].[HH].[HH].[HH].[HH].[HH].[HH].[HH].[HH].[HH].[HH].[HH].[HH].[HH].[HH].[HH].[HH].[HH].[HH].[HH].[HH].[HH].[HH].[HH].[HH].[HH].[HH].[HH].[HH].[HH].[HH].[HH].[HH].[HH]. The van der Waals surface area contributed by atoms with Gasteiger partial charge in [0.2, 0.25) is 5.91 Å². The summed E-state index contributed by atoms with van der Waals surface area (Å²) in [6.07, 6.45) is 2.17. The minimum atomic E-state index is -2.73. The van der Waals surface area contributed by atoms with Gasteiger partial charge in [0, 0.05) is 421 Å². The second kappa shape index (κ2) is 13.8. The molecule has 2 saturated heterocycles. The van der Waals surface area contributed by atoms with Crippen LogP contribution in [0.15, 0.2) is 18.2 Å². The maximum Gasteiger partial charge on any atom is 0.250 e. The number of benzene rings is 1. The van der Waals surface area contributed by atoms with E-state index in [0.29, 0.717) is 23.8 Å². The molecular formula is C43H585F2N5O. The summed E-state index contributed by atoms with van der Waals surface area (Å²) in [4.78, 5) is 17.2. The highest BCUT2D eigenvalue weighted by molar-refractivity contribution is 5.83. The van der Waals surface area contributed by atoms with Gasteiger partial charge in [0.25, 0.3) is 5.92 Å². The van der Waals surface area contributed by atoms with Crippen molar-refractivity contribution in [3.05, 3.63) is 46.5 Å². The van der Waals surface area contributed by atoms with Crippen LogP contribution in [-0.4, -0.2) is 49.1 Å². The predicted octanol–water partition coefficient (Wildman–Crippen LogP) is 74.0. The second-order valence-electron chi connectivity index (χ2n) is 18.7. The van der Waals surface area contributed by atoms with Crippen LogP contribution < -0.4 is 5.32 Å². The average Bonchev–Trinajstić information content (AvgIpc) is 3.56. The van der Waals surface area contributed by atoms with Crippen LogP contribution in [0, 0.1) is 48.3 Å². The van der Waals surface area contributed by atoms with Gasteiger partial charge >= 0.3 is 0 Å². The van der Waals surface area contributed by atoms with E-state index >= 15 is 0 Å². The Morgan fingerprint density at radius 2 is 1.59 bits per heavy atom. The number of alkyl halides is 2. The van der Waals surface area contributed by atoms with Gasteiger partial charge in [0.15, 0.2) is 0 Å². The molecule has 1 aromatic heterocycles. The topological polar surface area (TPSA) is 63.1 Å². The zero-order valence-corrected chi connectivity index (χ0v) is 34.5. The molecule has 1 saturated carbocycles. The quantitative estimate of drug-likeness (QED) is 0.257. The first kappa shape index (κ1) is 39.8. The molecular weight excluding hydrogens is 641 g/mol. The summed E-state index contributed by atoms with van der Waals surface area (Å²) < 4.78 is 31.8. The molecule has 11 atom stereocenters. The van der Waals surface area contributed by atoms with E-state index in [1.54, 1.807) is 6.92 Å². The van der Waals surface area contributed by atoms with Crippen molar-refractivity contribution in [2.24, 2.45) is 34.5 Å². The highest BCUT2D eigenvalue weighted by Crippen LogP contribution is 2.64. The maximum atomic E-state index is 14.6. The lowest BCUT2D eigenvalue weighted by Gasteiger charge is -2.58. The standard InChI is InChI=1S/C43H69F2N5O.258H2/c1-16-25(4)38-48-47-37(24(2)3)49(38)34-22-35-30(9)40(12,13)42(15,31(34)10)50(35)32(11)29(8)36(33-19-17-18-26(5)28(33)7)46-39(51)41(14)20-21-43(44,45)27(6)23-41;;;;;;;;;;;;;;;;;;;;;;;;;;;;;;;;;;;;;;;;;;;;;;;;;;;;;;;;;;;;;;;;;;;;;;;;;;;;;;;;;;;;;;;;;;;;;;;;;;;;;;;;;;;;;;;;;;;;;;;;;;;;;;;;;;;;;;;;;;;;;;;;;;;;;;;;;;;;;;;;;;;;;;;;;;;;;;;;;;;;;;;;;;;;;;;;;;;;;;;;;;;;;;;;;;;;;;;;;;;;;;;;;;;;;;;;;;;;;;;;;;;;;;;;;;;;;;;;;;/h17-19,24-25,27,29-32,34-36H,16,20-23H2,1-15H3,(H,46,51);258*1H/t25?,27?,29?,30?,31?,32?,34-,35?,36-,41?,42-;;;;;;;;;;;;;;;;;;;;;;;;;;;;;;;;;;;;;;;;;;;;;;;;;;;;;;;;;;;;;;;;;;;;;;;;;;;;;;;;;;;;;;;;;;;;;;;;;;;;;;;;;;;;;;;;;;;;;;;;;;;;;;;;;;;;;;;;;;;;;;;;;;;;;;;;;;;;;;;;;;;;;;;;;;;;;;;;;;;;;;;;;;;;;;;;;;;;;;;;;;;;;;;;;;;;;;;;;;;;;;;;;;;;;;;;;;;;;;;;;;;;;;;;;;;;;;;;;;/m0................................................................................................................................................................................................................................................................../s1. The van der Waals surface area contributed by atoms with Crippen LogP contribution in [0.4, 0.5) is 8.78 Å². The van der Waals surface area contributed by atoms with Crippen LogP contribution in [0.25, 0.3) is 0 Å². The van der Waals surface area contributed by atoms with Crippen LogP contribution in [0.1, 0.15) is 542 Å². The number of aromatic nitrogens is 3. The summed E-state index contributed by atoms with van der Waals surface area (Å²) in [5, 5.41) is 13.2. The number of carbonyl (C=O) groups excluding carboxylic acids is 1. The number of fused-ring (bicyclic) bond motifs is 2. The molecule has 1 aliphatic carbocycles. The third-order valence-electron chi connectivity index (χ3n) is 15.5. The van der Waals surface area contributed by atoms with Gasteiger partial charge in [-0.2, -0.15) is 0 Å². The molecule has 3 aliphatic rings. The molecule has 3 fully saturated rings. The lowest BCUT2D eigenvalue weighted by Crippen LogP contribution is -2.64. The molecule has 802 valence electrons. The van der Waals surface area contributed by atoms with Crippen molar-refractivity contribution in [2.75, 3.05) is 0 Å². The number of carbonyl (C=O) groups is 1. The van der Waals surface area contributed by atoms with Crippen LogP contribution in [-0.2, 0) is 4.79 Å². The number of nitrogens with one attached hydrogen (secondary N) is 1. The zero-order valence-electron chi connectivity index (χ0n) is 34.5. The average molecular weight is 1230 g/mol. The molecule has 8 unspecified atom stereocenters. The van der Waals surface area contributed by atoms with Crippen molar-refractivity contribution < 1.29 is 382 Å². The Morgan fingerprint density at radius 3 is 2.18 bits per heavy atom. The fourth-order valence-corrected chi connectivity index (χ4v) is 10.7. The first-order valence-corrected chi connectivity index (χ1v) is 20.0. The van der Waals surface area contributed by atoms with E-state index < -0.39 is 17.3 Å². The lowest BCUT2D eigenvalue weighted by molar-refractivity contribution is -0.147. The van der Waals surface area contributed by atoms with Gasteiger partial charge in [-0.3, -0.25) is 9.69 Å². The highest BCUT2D eigenvalue weighted by Gasteiger charge is 2.67. The van der Waals surface area contributed by atoms with Gasteiger partial charge in [-0.05, 0) is 93.2 Å². The van der Waals surface area contributed by atoms with Crippen LogP contribution in [0.2, 0.25) is 0 Å². The predicted molar refractivity (Wildman–Crippen MR) is 750 cm³/mol. The van der Waals surface area contributed by atoms with Crippen LogP contribution >= 0.6 is 0 Å². The third kappa shape index (κ3) is 6.29. The number of nitrogens with zero attached hydrogens (tertiary/aromatic N) is 4. The molecule has 2 bridgehead atoms. The minimum Gasteiger partial charge on any atom is -0.348 e. The molecule has 1 N–H and O–H groups in total. The normalized spacial score (nSPS) is 34.3. The van der Waals surface area contributed by atoms with Crippen molar-refractivity contribution in [2.45, 2.75) is 183 Å². The van der Waals surface area contributed by atoms with Gasteiger partial charge in [-0.15, -0.1) is 10.2 Å². The Balaban J connectivity index is -0.000000000465. The summed E-state index contributed by atoms with van der Waals surface area (Å²) in [6, 6.07) is 6.83. The number of amides is 1. The number of aryl methyl sites for hydroxylation is 1. The summed E-state index contributed by atoms with van der Waals surface area (Å²) in [5.41, 5.74) is 2.50. The summed E-state index contributed by atoms with van der Waals surface area (Å²) in [6.45, 7) is 33.8. The third-order valence-corrected chi connectivity index (χ3v) is 15.5. The number of halogens is 2. The van der Waals surface area contributed by atoms with E-state index in [1.165, 1.54) is 11.1 Å². The highest BCUT2D eigenvalue weighted by atomic mass is 19.3. The van der Waals surface area contributed by atoms with E-state index in [4.69, 9.17) is 10.2 Å². The zero-order chi connectivity index (χ0) is 38.2. The van der Waals surface area contributed by atoms with Gasteiger partial charge in [0.1, 0.15) is 11.6 Å². The van der Waals surface area contributed by atoms with Crippen LogP contribution in [0.3, 0.4) is 0 Å². The van der Waals surface area contributed by atoms with Crippen molar-refractivity contribution in [3.8, 4) is 0 Å². The van der Waals surface area contributed by atoms with Gasteiger partial charge in [-0.1, -0.05) is 94.4 Å². The maximum absolute atomic E-state index is 14.6. The Hall–Kier alpha value is -2.35. The van der Waals surface area contributed by atoms with E-state index in [2.05, 4.69) is 123 Å². The van der Waals surface area contributed by atoms with Crippen molar-refractivity contribution in [3.63, 3.8) is 0 Å². The Morgan fingerprint density at radius 1 is 0.961 bits per heavy atom. The van der Waals surface area contributed by atoms with Crippen molar-refractivity contribution in [1.82, 2.24) is 25.0 Å². The molecule has 2 aromatic rings. The van der Waals surface area contributed by atoms with E-state index in [-0.39, 0.29) is 434 Å². The second-order valence-corrected chi connectivity index (χ2v) is 18.7. The van der Waals surface area contributed by atoms with Gasteiger partial charge in [-0.25, -0.2) is 8.78 Å². The Kier molecular flexibility index (Phi) is 10.8. The molecule has 1 aromatic carbocycles. The molecule has 6 nitrogen and oxygen atoms in total. The number of hydrogen-bond acceptors (Lipinski definition) is 4. The van der Waals surface area contributed by atoms with E-state index in [9.17, 15) is 13.6 Å². The fraction of sp³-hybridized carbons (Fsp3) is 0.791. The Bertz CT molecular complexity index is 1780. The summed E-state index contributed by atoms with van der Waals surface area (Å²) in [5.74, 6) is -0.0692. The first-order valence-electron chi connectivity index (χ1n) is 20.0. The molecule has 3 heterocycles. The monoisotopic (exact) mass is 1230 g/mol.